The minimum absolute atomic E-state index is 0.0522. The summed E-state index contributed by atoms with van der Waals surface area (Å²) in [7, 11) is 0. The second-order valence-electron chi connectivity index (χ2n) is 4.78. The highest BCUT2D eigenvalue weighted by Gasteiger charge is 2.21. The lowest BCUT2D eigenvalue weighted by Gasteiger charge is -2.25. The van der Waals surface area contributed by atoms with Gasteiger partial charge in [0.2, 0.25) is 0 Å². The smallest absolute Gasteiger partial charge is 0.178 e. The largest absolute Gasteiger partial charge is 0.331 e. The summed E-state index contributed by atoms with van der Waals surface area (Å²) in [6, 6.07) is 7.76. The average molecular weight is 245 g/mol. The number of nitriles is 1. The predicted molar refractivity (Wildman–Crippen MR) is 71.5 cm³/mol. The first-order chi connectivity index (χ1) is 7.99. The Balaban J connectivity index is 2.83. The lowest BCUT2D eigenvalue weighted by molar-refractivity contribution is 0.348. The van der Waals surface area contributed by atoms with E-state index in [9.17, 15) is 0 Å². The molecule has 0 unspecified atom stereocenters. The SMILES string of the molecule is CCC(C)(C)n1c(=S)[nH]c2ccc(C#N)cc21. The van der Waals surface area contributed by atoms with Gasteiger partial charge >= 0.3 is 0 Å². The zero-order chi connectivity index (χ0) is 12.6. The number of fused-ring (bicyclic) bond motifs is 1. The monoisotopic (exact) mass is 245 g/mol. The van der Waals surface area contributed by atoms with Crippen molar-refractivity contribution in [1.82, 2.24) is 9.55 Å². The van der Waals surface area contributed by atoms with E-state index < -0.39 is 0 Å². The molecule has 1 N–H and O–H groups in total. The minimum Gasteiger partial charge on any atom is -0.331 e. The molecule has 0 atom stereocenters. The fourth-order valence-corrected chi connectivity index (χ4v) is 2.39. The first-order valence-electron chi connectivity index (χ1n) is 5.65. The molecule has 0 spiro atoms. The molecule has 1 aromatic carbocycles. The van der Waals surface area contributed by atoms with E-state index in [0.29, 0.717) is 10.3 Å². The third-order valence-corrected chi connectivity index (χ3v) is 3.57. The van der Waals surface area contributed by atoms with Gasteiger partial charge in [-0.2, -0.15) is 5.26 Å². The first kappa shape index (κ1) is 11.9. The summed E-state index contributed by atoms with van der Waals surface area (Å²) < 4.78 is 2.81. The quantitative estimate of drug-likeness (QED) is 0.820. The number of aromatic nitrogens is 2. The molecule has 2 rings (SSSR count). The summed E-state index contributed by atoms with van der Waals surface area (Å²) in [4.78, 5) is 3.19. The highest BCUT2D eigenvalue weighted by atomic mass is 32.1. The van der Waals surface area contributed by atoms with Crippen LogP contribution >= 0.6 is 12.2 Å². The molecule has 0 saturated heterocycles. The van der Waals surface area contributed by atoms with E-state index in [1.54, 1.807) is 6.07 Å². The Morgan fingerprint density at radius 3 is 2.76 bits per heavy atom. The van der Waals surface area contributed by atoms with Crippen molar-refractivity contribution in [3.63, 3.8) is 0 Å². The van der Waals surface area contributed by atoms with E-state index in [0.717, 1.165) is 17.5 Å². The third-order valence-electron chi connectivity index (χ3n) is 3.28. The predicted octanol–water partition coefficient (Wildman–Crippen LogP) is 3.72. The van der Waals surface area contributed by atoms with Gasteiger partial charge in [-0.25, -0.2) is 0 Å². The molecule has 2 aromatic rings. The Morgan fingerprint density at radius 1 is 1.47 bits per heavy atom. The van der Waals surface area contributed by atoms with Crippen molar-refractivity contribution in [1.29, 1.82) is 5.26 Å². The Bertz CT molecular complexity index is 655. The van der Waals surface area contributed by atoms with Gasteiger partial charge in [0.25, 0.3) is 0 Å². The lowest BCUT2D eigenvalue weighted by atomic mass is 10.0. The van der Waals surface area contributed by atoms with Crippen LogP contribution in [0.5, 0.6) is 0 Å². The number of imidazole rings is 1. The van der Waals surface area contributed by atoms with Crippen molar-refractivity contribution in [2.75, 3.05) is 0 Å². The van der Waals surface area contributed by atoms with Gasteiger partial charge in [0.05, 0.1) is 22.7 Å². The van der Waals surface area contributed by atoms with E-state index >= 15 is 0 Å². The Kier molecular flexibility index (Phi) is 2.80. The summed E-state index contributed by atoms with van der Waals surface area (Å²) in [6.45, 7) is 6.43. The van der Waals surface area contributed by atoms with Crippen molar-refractivity contribution in [2.45, 2.75) is 32.7 Å². The second kappa shape index (κ2) is 4.01. The molecule has 0 fully saturated rings. The molecule has 17 heavy (non-hydrogen) atoms. The van der Waals surface area contributed by atoms with E-state index in [1.807, 2.05) is 12.1 Å². The standard InChI is InChI=1S/C13H15N3S/c1-4-13(2,3)16-11-7-9(8-14)5-6-10(11)15-12(16)17/h5-7H,4H2,1-3H3,(H,15,17). The van der Waals surface area contributed by atoms with Gasteiger partial charge in [0, 0.05) is 5.54 Å². The van der Waals surface area contributed by atoms with Crippen LogP contribution in [0.3, 0.4) is 0 Å². The number of rotatable bonds is 2. The van der Waals surface area contributed by atoms with Crippen LogP contribution < -0.4 is 0 Å². The molecule has 1 heterocycles. The summed E-state index contributed by atoms with van der Waals surface area (Å²) in [6.07, 6.45) is 0.977. The van der Waals surface area contributed by atoms with Gasteiger partial charge < -0.3 is 9.55 Å². The number of nitrogens with one attached hydrogen (secondary N) is 1. The van der Waals surface area contributed by atoms with E-state index in [1.165, 1.54) is 0 Å². The normalized spacial score (nSPS) is 11.6. The fraction of sp³-hybridized carbons (Fsp3) is 0.385. The second-order valence-corrected chi connectivity index (χ2v) is 5.16. The van der Waals surface area contributed by atoms with Crippen LogP contribution in [0.25, 0.3) is 11.0 Å². The maximum Gasteiger partial charge on any atom is 0.178 e. The number of benzene rings is 1. The summed E-state index contributed by atoms with van der Waals surface area (Å²) >= 11 is 5.37. The Hall–Kier alpha value is -1.60. The molecule has 0 aliphatic rings. The molecule has 3 nitrogen and oxygen atoms in total. The highest BCUT2D eigenvalue weighted by Crippen LogP contribution is 2.26. The van der Waals surface area contributed by atoms with Crippen LogP contribution in [0.2, 0.25) is 0 Å². The van der Waals surface area contributed by atoms with Crippen LogP contribution in [0.1, 0.15) is 32.8 Å². The van der Waals surface area contributed by atoms with E-state index in [-0.39, 0.29) is 5.54 Å². The van der Waals surface area contributed by atoms with Gasteiger partial charge in [-0.1, -0.05) is 6.92 Å². The summed E-state index contributed by atoms with van der Waals surface area (Å²) in [5.74, 6) is 0. The van der Waals surface area contributed by atoms with Gasteiger partial charge in [-0.05, 0) is 50.7 Å². The van der Waals surface area contributed by atoms with E-state index in [2.05, 4.69) is 36.4 Å². The van der Waals surface area contributed by atoms with Crippen LogP contribution in [-0.2, 0) is 5.54 Å². The van der Waals surface area contributed by atoms with Crippen molar-refractivity contribution >= 4 is 23.3 Å². The molecule has 1 aromatic heterocycles. The zero-order valence-electron chi connectivity index (χ0n) is 10.2. The molecule has 0 radical (unpaired) electrons. The maximum absolute atomic E-state index is 8.96. The number of H-pyrrole nitrogens is 1. The Morgan fingerprint density at radius 2 is 2.18 bits per heavy atom. The van der Waals surface area contributed by atoms with Gasteiger partial charge in [0.15, 0.2) is 4.77 Å². The number of aromatic amines is 1. The molecule has 0 aliphatic carbocycles. The molecular formula is C13H15N3S. The maximum atomic E-state index is 8.96. The molecular weight excluding hydrogens is 230 g/mol. The van der Waals surface area contributed by atoms with Crippen LogP contribution in [0, 0.1) is 16.1 Å². The van der Waals surface area contributed by atoms with Gasteiger partial charge in [-0.15, -0.1) is 0 Å². The fourth-order valence-electron chi connectivity index (χ4n) is 1.93. The summed E-state index contributed by atoms with van der Waals surface area (Å²) in [5.41, 5.74) is 2.59. The molecule has 0 bridgehead atoms. The Labute approximate surface area is 106 Å². The number of hydrogen-bond donors (Lipinski definition) is 1. The highest BCUT2D eigenvalue weighted by molar-refractivity contribution is 7.71. The average Bonchev–Trinajstić information content (AvgIpc) is 2.64. The van der Waals surface area contributed by atoms with E-state index in [4.69, 9.17) is 17.5 Å². The molecule has 0 aliphatic heterocycles. The van der Waals surface area contributed by atoms with Crippen molar-refractivity contribution in [3.8, 4) is 6.07 Å². The van der Waals surface area contributed by atoms with Gasteiger partial charge in [0.1, 0.15) is 0 Å². The van der Waals surface area contributed by atoms with Crippen LogP contribution in [-0.4, -0.2) is 9.55 Å². The van der Waals surface area contributed by atoms with Crippen molar-refractivity contribution in [2.24, 2.45) is 0 Å². The molecule has 4 heteroatoms. The number of hydrogen-bond acceptors (Lipinski definition) is 2. The van der Waals surface area contributed by atoms with Crippen LogP contribution in [0.4, 0.5) is 0 Å². The first-order valence-corrected chi connectivity index (χ1v) is 6.06. The summed E-state index contributed by atoms with van der Waals surface area (Å²) in [5, 5.41) is 8.96. The zero-order valence-corrected chi connectivity index (χ0v) is 11.1. The minimum atomic E-state index is -0.0522. The molecule has 0 amide bonds. The lowest BCUT2D eigenvalue weighted by Crippen LogP contribution is -2.25. The van der Waals surface area contributed by atoms with Crippen molar-refractivity contribution in [3.05, 3.63) is 28.5 Å². The van der Waals surface area contributed by atoms with Crippen molar-refractivity contribution < 1.29 is 0 Å². The van der Waals surface area contributed by atoms with Crippen LogP contribution in [0.15, 0.2) is 18.2 Å². The van der Waals surface area contributed by atoms with Gasteiger partial charge in [-0.3, -0.25) is 0 Å². The molecule has 0 saturated carbocycles. The molecule has 88 valence electrons. The topological polar surface area (TPSA) is 44.5 Å². The third kappa shape index (κ3) is 1.87. The number of nitrogens with zero attached hydrogens (tertiary/aromatic N) is 2.